The van der Waals surface area contributed by atoms with Crippen LogP contribution in [0.15, 0.2) is 0 Å². The first kappa shape index (κ1) is 28.9. The number of unbranched alkanes of at least 4 members (excludes halogenated alkanes) is 11. The van der Waals surface area contributed by atoms with Crippen LogP contribution in [0.4, 0.5) is 0 Å². The zero-order valence-corrected chi connectivity index (χ0v) is 20.5. The molecule has 0 aliphatic rings. The van der Waals surface area contributed by atoms with Gasteiger partial charge in [0.2, 0.25) is 6.29 Å². The van der Waals surface area contributed by atoms with Crippen molar-refractivity contribution in [2.75, 3.05) is 0 Å². The molecular formula is C26H50O4. The number of rotatable bonds is 21. The van der Waals surface area contributed by atoms with Gasteiger partial charge in [-0.2, -0.15) is 0 Å². The molecule has 0 heterocycles. The Morgan fingerprint density at radius 2 is 0.967 bits per heavy atom. The molecule has 0 aromatic heterocycles. The maximum absolute atomic E-state index is 12.4. The minimum absolute atomic E-state index is 0.0898. The van der Waals surface area contributed by atoms with Gasteiger partial charge in [-0.05, 0) is 25.7 Å². The fourth-order valence-electron chi connectivity index (χ4n) is 3.69. The van der Waals surface area contributed by atoms with Crippen molar-refractivity contribution in [3.05, 3.63) is 0 Å². The van der Waals surface area contributed by atoms with Gasteiger partial charge in [-0.25, -0.2) is 0 Å². The number of carbonyl (C=O) groups excluding carboxylic acids is 2. The summed E-state index contributed by atoms with van der Waals surface area (Å²) in [4.78, 5) is 24.7. The smallest absolute Gasteiger partial charge is 0.308 e. The Morgan fingerprint density at radius 3 is 1.37 bits per heavy atom. The third kappa shape index (κ3) is 16.7. The first-order valence-corrected chi connectivity index (χ1v) is 13.0. The van der Waals surface area contributed by atoms with Crippen LogP contribution in [0.1, 0.15) is 143 Å². The topological polar surface area (TPSA) is 52.6 Å². The highest BCUT2D eigenvalue weighted by atomic mass is 16.7. The summed E-state index contributed by atoms with van der Waals surface area (Å²) >= 11 is 0. The summed E-state index contributed by atoms with van der Waals surface area (Å²) in [5.41, 5.74) is 0. The third-order valence-corrected chi connectivity index (χ3v) is 5.80. The van der Waals surface area contributed by atoms with Crippen LogP contribution in [0.25, 0.3) is 0 Å². The summed E-state index contributed by atoms with van der Waals surface area (Å²) in [5, 5.41) is 0. The Labute approximate surface area is 186 Å². The van der Waals surface area contributed by atoms with Crippen LogP contribution in [-0.4, -0.2) is 18.2 Å². The third-order valence-electron chi connectivity index (χ3n) is 5.80. The Kier molecular flexibility index (Phi) is 20.4. The van der Waals surface area contributed by atoms with Gasteiger partial charge < -0.3 is 9.47 Å². The van der Waals surface area contributed by atoms with Crippen LogP contribution in [0, 0.1) is 5.92 Å². The van der Waals surface area contributed by atoms with Crippen LogP contribution < -0.4 is 0 Å². The van der Waals surface area contributed by atoms with Gasteiger partial charge in [0.1, 0.15) is 0 Å². The second-order valence-corrected chi connectivity index (χ2v) is 8.69. The number of hydrogen-bond donors (Lipinski definition) is 0. The highest BCUT2D eigenvalue weighted by Gasteiger charge is 2.27. The largest absolute Gasteiger partial charge is 0.425 e. The van der Waals surface area contributed by atoms with Gasteiger partial charge in [-0.3, -0.25) is 9.59 Å². The highest BCUT2D eigenvalue weighted by Crippen LogP contribution is 2.22. The average molecular weight is 427 g/mol. The minimum Gasteiger partial charge on any atom is -0.425 e. The van der Waals surface area contributed by atoms with Crippen molar-refractivity contribution < 1.29 is 19.1 Å². The monoisotopic (exact) mass is 426 g/mol. The Balaban J connectivity index is 4.43. The van der Waals surface area contributed by atoms with E-state index in [1.807, 2.05) is 0 Å². The van der Waals surface area contributed by atoms with Crippen LogP contribution >= 0.6 is 0 Å². The van der Waals surface area contributed by atoms with E-state index in [1.165, 1.54) is 44.9 Å². The summed E-state index contributed by atoms with van der Waals surface area (Å²) in [6.45, 7) is 8.63. The molecule has 2 unspecified atom stereocenters. The Morgan fingerprint density at radius 1 is 0.567 bits per heavy atom. The Hall–Kier alpha value is -1.06. The van der Waals surface area contributed by atoms with E-state index in [0.29, 0.717) is 12.8 Å². The number of hydrogen-bond acceptors (Lipinski definition) is 4. The van der Waals surface area contributed by atoms with E-state index in [9.17, 15) is 9.59 Å². The first-order valence-electron chi connectivity index (χ1n) is 13.0. The second-order valence-electron chi connectivity index (χ2n) is 8.69. The minimum atomic E-state index is -0.721. The highest BCUT2D eigenvalue weighted by molar-refractivity contribution is 5.71. The van der Waals surface area contributed by atoms with Crippen LogP contribution in [0.5, 0.6) is 0 Å². The van der Waals surface area contributed by atoms with Crippen LogP contribution in [0.2, 0.25) is 0 Å². The molecule has 0 bridgehead atoms. The normalized spacial score (nSPS) is 13.1. The molecule has 0 aliphatic heterocycles. The zero-order chi connectivity index (χ0) is 22.5. The molecule has 4 heteroatoms. The maximum atomic E-state index is 12.4. The van der Waals surface area contributed by atoms with Crippen molar-refractivity contribution in [2.45, 2.75) is 150 Å². The van der Waals surface area contributed by atoms with Crippen molar-refractivity contribution in [3.8, 4) is 0 Å². The van der Waals surface area contributed by atoms with Gasteiger partial charge >= 0.3 is 11.9 Å². The predicted molar refractivity (Wildman–Crippen MR) is 125 cm³/mol. The van der Waals surface area contributed by atoms with Crippen molar-refractivity contribution >= 4 is 11.9 Å². The quantitative estimate of drug-likeness (QED) is 0.106. The van der Waals surface area contributed by atoms with E-state index in [4.69, 9.17) is 9.47 Å². The van der Waals surface area contributed by atoms with Crippen LogP contribution in [-0.2, 0) is 19.1 Å². The summed E-state index contributed by atoms with van der Waals surface area (Å²) in [6, 6.07) is 0. The average Bonchev–Trinajstić information content (AvgIpc) is 2.73. The molecule has 0 N–H and O–H groups in total. The standard InChI is InChI=1S/C26H50O4/c1-5-9-12-14-15-17-19-22-25(28)30-26(23(8-4)20-11-7-3)29-24(27)21-18-16-13-10-6-2/h23,26H,5-22H2,1-4H3. The van der Waals surface area contributed by atoms with Crippen molar-refractivity contribution in [3.63, 3.8) is 0 Å². The van der Waals surface area contributed by atoms with Gasteiger partial charge in [-0.15, -0.1) is 0 Å². The predicted octanol–water partition coefficient (Wildman–Crippen LogP) is 8.12. The van der Waals surface area contributed by atoms with Gasteiger partial charge in [0.15, 0.2) is 0 Å². The molecule has 0 aliphatic carbocycles. The second kappa shape index (κ2) is 21.2. The van der Waals surface area contributed by atoms with Gasteiger partial charge in [-0.1, -0.05) is 105 Å². The molecule has 0 amide bonds. The fourth-order valence-corrected chi connectivity index (χ4v) is 3.69. The van der Waals surface area contributed by atoms with E-state index in [2.05, 4.69) is 27.7 Å². The van der Waals surface area contributed by atoms with E-state index >= 15 is 0 Å². The lowest BCUT2D eigenvalue weighted by Gasteiger charge is -2.26. The molecule has 0 aromatic carbocycles. The molecule has 0 radical (unpaired) electrons. The molecular weight excluding hydrogens is 376 g/mol. The van der Waals surface area contributed by atoms with Gasteiger partial charge in [0.05, 0.1) is 0 Å². The van der Waals surface area contributed by atoms with Gasteiger partial charge in [0.25, 0.3) is 0 Å². The molecule has 30 heavy (non-hydrogen) atoms. The molecule has 4 nitrogen and oxygen atoms in total. The number of carbonyl (C=O) groups is 2. The summed E-state index contributed by atoms with van der Waals surface area (Å²) < 4.78 is 11.3. The van der Waals surface area contributed by atoms with Gasteiger partial charge in [0, 0.05) is 18.8 Å². The molecule has 178 valence electrons. The van der Waals surface area contributed by atoms with E-state index in [-0.39, 0.29) is 17.9 Å². The molecule has 0 spiro atoms. The Bertz CT molecular complexity index is 408. The summed E-state index contributed by atoms with van der Waals surface area (Å²) in [6.07, 6.45) is 17.7. The lowest BCUT2D eigenvalue weighted by molar-refractivity contribution is -0.199. The van der Waals surface area contributed by atoms with E-state index in [1.54, 1.807) is 0 Å². The van der Waals surface area contributed by atoms with E-state index in [0.717, 1.165) is 57.8 Å². The van der Waals surface area contributed by atoms with E-state index < -0.39 is 6.29 Å². The first-order chi connectivity index (χ1) is 14.6. The molecule has 0 saturated carbocycles. The molecule has 2 atom stereocenters. The summed E-state index contributed by atoms with van der Waals surface area (Å²) in [5.74, 6) is -0.360. The van der Waals surface area contributed by atoms with Crippen molar-refractivity contribution in [2.24, 2.45) is 5.92 Å². The van der Waals surface area contributed by atoms with Crippen molar-refractivity contribution in [1.82, 2.24) is 0 Å². The van der Waals surface area contributed by atoms with Crippen LogP contribution in [0.3, 0.4) is 0 Å². The molecule has 0 rings (SSSR count). The lowest BCUT2D eigenvalue weighted by Crippen LogP contribution is -2.32. The van der Waals surface area contributed by atoms with Crippen molar-refractivity contribution in [1.29, 1.82) is 0 Å². The number of ether oxygens (including phenoxy) is 2. The maximum Gasteiger partial charge on any atom is 0.308 e. The zero-order valence-electron chi connectivity index (χ0n) is 20.5. The molecule has 0 aromatic rings. The molecule has 0 fully saturated rings. The lowest BCUT2D eigenvalue weighted by atomic mass is 9.98. The SMILES string of the molecule is CCCCCCCCCC(=O)OC(OC(=O)CCCCCCC)C(CC)CCCC. The molecule has 0 saturated heterocycles. The fraction of sp³-hybridized carbons (Fsp3) is 0.923. The summed E-state index contributed by atoms with van der Waals surface area (Å²) in [7, 11) is 0. The number of esters is 2.